The van der Waals surface area contributed by atoms with Gasteiger partial charge >= 0.3 is 0 Å². The number of pyridine rings is 1. The molecule has 102 valence electrons. The molecule has 0 atom stereocenters. The number of hydrogen-bond donors (Lipinski definition) is 2. The summed E-state index contributed by atoms with van der Waals surface area (Å²) in [4.78, 5) is 16.9. The molecule has 4 nitrogen and oxygen atoms in total. The largest absolute Gasteiger partial charge is 0.379 e. The van der Waals surface area contributed by atoms with Gasteiger partial charge < -0.3 is 10.6 Å². The Kier molecular flexibility index (Phi) is 3.60. The van der Waals surface area contributed by atoms with E-state index in [0.29, 0.717) is 12.3 Å². The van der Waals surface area contributed by atoms with Gasteiger partial charge in [-0.25, -0.2) is 0 Å². The lowest BCUT2D eigenvalue weighted by molar-refractivity contribution is -0.113. The summed E-state index contributed by atoms with van der Waals surface area (Å²) in [5.41, 5.74) is 4.01. The van der Waals surface area contributed by atoms with Crippen LogP contribution < -0.4 is 10.6 Å². The normalized spacial score (nSPS) is 13.6. The molecule has 0 saturated carbocycles. The topological polar surface area (TPSA) is 54.0 Å². The molecule has 0 fully saturated rings. The molecular formula is C15H15N3OS. The lowest BCUT2D eigenvalue weighted by Crippen LogP contribution is -2.18. The van der Waals surface area contributed by atoms with Crippen molar-refractivity contribution >= 4 is 29.0 Å². The number of nitrogens with zero attached hydrogens (tertiary/aromatic N) is 1. The van der Waals surface area contributed by atoms with E-state index in [0.717, 1.165) is 27.5 Å². The van der Waals surface area contributed by atoms with Gasteiger partial charge in [0, 0.05) is 16.8 Å². The van der Waals surface area contributed by atoms with Crippen LogP contribution in [0.4, 0.5) is 11.4 Å². The molecule has 1 aliphatic heterocycles. The molecule has 2 N–H and O–H groups in total. The van der Waals surface area contributed by atoms with Crippen molar-refractivity contribution in [1.82, 2.24) is 4.98 Å². The maximum absolute atomic E-state index is 11.4. The van der Waals surface area contributed by atoms with E-state index in [4.69, 9.17) is 0 Å². The Morgan fingerprint density at radius 2 is 2.25 bits per heavy atom. The first-order valence-electron chi connectivity index (χ1n) is 6.43. The van der Waals surface area contributed by atoms with Crippen LogP contribution in [0.3, 0.4) is 0 Å². The van der Waals surface area contributed by atoms with Crippen LogP contribution in [0.1, 0.15) is 11.3 Å². The van der Waals surface area contributed by atoms with Gasteiger partial charge in [-0.05, 0) is 36.8 Å². The number of amides is 1. The third kappa shape index (κ3) is 2.93. The van der Waals surface area contributed by atoms with Crippen molar-refractivity contribution < 1.29 is 4.79 Å². The number of nitrogens with one attached hydrogen (secondary N) is 2. The zero-order valence-corrected chi connectivity index (χ0v) is 12.0. The SMILES string of the molecule is Cc1ccc(CNc2ccc3c(c2)NC(=O)CS3)nc1. The van der Waals surface area contributed by atoms with Crippen molar-refractivity contribution in [2.24, 2.45) is 0 Å². The molecular weight excluding hydrogens is 270 g/mol. The van der Waals surface area contributed by atoms with Crippen molar-refractivity contribution in [1.29, 1.82) is 0 Å². The molecule has 20 heavy (non-hydrogen) atoms. The zero-order chi connectivity index (χ0) is 13.9. The van der Waals surface area contributed by atoms with E-state index in [2.05, 4.69) is 15.6 Å². The van der Waals surface area contributed by atoms with E-state index in [1.807, 2.05) is 43.5 Å². The first-order chi connectivity index (χ1) is 9.70. The van der Waals surface area contributed by atoms with Gasteiger partial charge in [-0.3, -0.25) is 9.78 Å². The molecule has 2 aromatic rings. The summed E-state index contributed by atoms with van der Waals surface area (Å²) in [5.74, 6) is 0.549. The van der Waals surface area contributed by atoms with Gasteiger partial charge in [-0.15, -0.1) is 11.8 Å². The highest BCUT2D eigenvalue weighted by atomic mass is 32.2. The summed E-state index contributed by atoms with van der Waals surface area (Å²) in [7, 11) is 0. The number of aromatic nitrogens is 1. The molecule has 0 unspecified atom stereocenters. The van der Waals surface area contributed by atoms with E-state index in [-0.39, 0.29) is 5.91 Å². The summed E-state index contributed by atoms with van der Waals surface area (Å²) in [6, 6.07) is 10.1. The minimum atomic E-state index is 0.0554. The highest BCUT2D eigenvalue weighted by molar-refractivity contribution is 8.00. The molecule has 0 radical (unpaired) electrons. The first kappa shape index (κ1) is 13.0. The number of carbonyl (C=O) groups is 1. The molecule has 1 aromatic heterocycles. The third-order valence-electron chi connectivity index (χ3n) is 3.06. The molecule has 1 aliphatic rings. The first-order valence-corrected chi connectivity index (χ1v) is 7.41. The van der Waals surface area contributed by atoms with E-state index in [9.17, 15) is 4.79 Å². The average molecular weight is 285 g/mol. The van der Waals surface area contributed by atoms with Crippen LogP contribution in [0.2, 0.25) is 0 Å². The molecule has 0 bridgehead atoms. The zero-order valence-electron chi connectivity index (χ0n) is 11.1. The average Bonchev–Trinajstić information content (AvgIpc) is 2.46. The van der Waals surface area contributed by atoms with E-state index in [1.54, 1.807) is 11.8 Å². The highest BCUT2D eigenvalue weighted by Crippen LogP contribution is 2.33. The van der Waals surface area contributed by atoms with Crippen LogP contribution in [0.15, 0.2) is 41.4 Å². The minimum Gasteiger partial charge on any atom is -0.379 e. The van der Waals surface area contributed by atoms with Crippen LogP contribution in [-0.4, -0.2) is 16.6 Å². The van der Waals surface area contributed by atoms with Gasteiger partial charge in [0.15, 0.2) is 0 Å². The molecule has 0 aliphatic carbocycles. The quantitative estimate of drug-likeness (QED) is 0.910. The predicted molar refractivity (Wildman–Crippen MR) is 82.1 cm³/mol. The van der Waals surface area contributed by atoms with Crippen molar-refractivity contribution in [2.45, 2.75) is 18.4 Å². The Bertz CT molecular complexity index is 640. The standard InChI is InChI=1S/C15H15N3OS/c1-10-2-3-12(16-7-10)8-17-11-4-5-14-13(6-11)18-15(19)9-20-14/h2-7,17H,8-9H2,1H3,(H,18,19). The lowest BCUT2D eigenvalue weighted by atomic mass is 10.2. The number of hydrogen-bond acceptors (Lipinski definition) is 4. The van der Waals surface area contributed by atoms with Gasteiger partial charge in [-0.1, -0.05) is 6.07 Å². The van der Waals surface area contributed by atoms with Crippen LogP contribution in [0.25, 0.3) is 0 Å². The maximum Gasteiger partial charge on any atom is 0.234 e. The van der Waals surface area contributed by atoms with Gasteiger partial charge in [0.2, 0.25) is 5.91 Å². The minimum absolute atomic E-state index is 0.0554. The summed E-state index contributed by atoms with van der Waals surface area (Å²) in [6.45, 7) is 2.69. The number of rotatable bonds is 3. The number of aryl methyl sites for hydroxylation is 1. The molecule has 0 saturated heterocycles. The fourth-order valence-corrected chi connectivity index (χ4v) is 2.78. The molecule has 3 rings (SSSR count). The van der Waals surface area contributed by atoms with E-state index < -0.39 is 0 Å². The summed E-state index contributed by atoms with van der Waals surface area (Å²) in [6.07, 6.45) is 1.86. The van der Waals surface area contributed by atoms with E-state index in [1.165, 1.54) is 0 Å². The number of anilines is 2. The van der Waals surface area contributed by atoms with Gasteiger partial charge in [0.25, 0.3) is 0 Å². The predicted octanol–water partition coefficient (Wildman–Crippen LogP) is 3.05. The fourth-order valence-electron chi connectivity index (χ4n) is 1.99. The third-order valence-corrected chi connectivity index (χ3v) is 4.13. The van der Waals surface area contributed by atoms with Crippen molar-refractivity contribution in [3.05, 3.63) is 47.8 Å². The summed E-state index contributed by atoms with van der Waals surface area (Å²) in [5, 5.41) is 6.21. The van der Waals surface area contributed by atoms with Gasteiger partial charge in [-0.2, -0.15) is 0 Å². The second-order valence-electron chi connectivity index (χ2n) is 4.73. The Morgan fingerprint density at radius 1 is 1.35 bits per heavy atom. The molecule has 2 heterocycles. The number of benzene rings is 1. The molecule has 1 aromatic carbocycles. The molecule has 5 heteroatoms. The van der Waals surface area contributed by atoms with Crippen molar-refractivity contribution in [2.75, 3.05) is 16.4 Å². The smallest absolute Gasteiger partial charge is 0.234 e. The van der Waals surface area contributed by atoms with Crippen LogP contribution in [0.5, 0.6) is 0 Å². The molecule has 0 spiro atoms. The number of carbonyl (C=O) groups excluding carboxylic acids is 1. The monoisotopic (exact) mass is 285 g/mol. The lowest BCUT2D eigenvalue weighted by Gasteiger charge is -2.17. The summed E-state index contributed by atoms with van der Waals surface area (Å²) >= 11 is 1.57. The van der Waals surface area contributed by atoms with Crippen molar-refractivity contribution in [3.63, 3.8) is 0 Å². The molecule has 1 amide bonds. The van der Waals surface area contributed by atoms with Crippen molar-refractivity contribution in [3.8, 4) is 0 Å². The number of thioether (sulfide) groups is 1. The highest BCUT2D eigenvalue weighted by Gasteiger charge is 2.15. The second kappa shape index (κ2) is 5.54. The second-order valence-corrected chi connectivity index (χ2v) is 5.75. The Hall–Kier alpha value is -2.01. The van der Waals surface area contributed by atoms with Crippen LogP contribution >= 0.6 is 11.8 Å². The van der Waals surface area contributed by atoms with Crippen LogP contribution in [-0.2, 0) is 11.3 Å². The Labute approximate surface area is 122 Å². The fraction of sp³-hybridized carbons (Fsp3) is 0.200. The Morgan fingerprint density at radius 3 is 3.05 bits per heavy atom. The van der Waals surface area contributed by atoms with Gasteiger partial charge in [0.1, 0.15) is 0 Å². The Balaban J connectivity index is 1.70. The number of fused-ring (bicyclic) bond motifs is 1. The van der Waals surface area contributed by atoms with E-state index >= 15 is 0 Å². The van der Waals surface area contributed by atoms with Crippen LogP contribution in [0, 0.1) is 6.92 Å². The summed E-state index contributed by atoms with van der Waals surface area (Å²) < 4.78 is 0. The maximum atomic E-state index is 11.4. The van der Waals surface area contributed by atoms with Gasteiger partial charge in [0.05, 0.1) is 23.7 Å².